The van der Waals surface area contributed by atoms with E-state index in [1.165, 1.54) is 7.11 Å². The molecule has 16 heavy (non-hydrogen) atoms. The number of hydrogen-bond donors (Lipinski definition) is 3. The SMILES string of the molecule is CO[C@@H](C)[C@@H](NC(O)OC(C)(C)C)C(=O)O. The molecule has 1 unspecified atom stereocenters. The van der Waals surface area contributed by atoms with E-state index in [-0.39, 0.29) is 0 Å². The van der Waals surface area contributed by atoms with E-state index in [0.717, 1.165) is 0 Å². The lowest BCUT2D eigenvalue weighted by Gasteiger charge is -2.28. The van der Waals surface area contributed by atoms with Crippen molar-refractivity contribution in [2.24, 2.45) is 0 Å². The van der Waals surface area contributed by atoms with Crippen LogP contribution >= 0.6 is 0 Å². The number of ether oxygens (including phenoxy) is 2. The van der Waals surface area contributed by atoms with Crippen LogP contribution in [0.2, 0.25) is 0 Å². The van der Waals surface area contributed by atoms with Crippen LogP contribution in [-0.2, 0) is 14.3 Å². The molecule has 0 amide bonds. The molecule has 0 rings (SSSR count). The monoisotopic (exact) mass is 235 g/mol. The fourth-order valence-electron chi connectivity index (χ4n) is 1.07. The van der Waals surface area contributed by atoms with Gasteiger partial charge in [0.1, 0.15) is 6.04 Å². The third-order valence-electron chi connectivity index (χ3n) is 1.89. The van der Waals surface area contributed by atoms with Crippen LogP contribution in [0.1, 0.15) is 27.7 Å². The number of carboxylic acids is 1. The van der Waals surface area contributed by atoms with Gasteiger partial charge in [-0.1, -0.05) is 0 Å². The second-order valence-electron chi connectivity index (χ2n) is 4.51. The number of aliphatic hydroxyl groups excluding tert-OH is 1. The molecular formula is C10H21NO5. The standard InChI is InChI=1S/C10H21NO5/c1-6(15-5)7(8(12)13)11-9(14)16-10(2,3)4/h6-7,9,11,14H,1-5H3,(H,12,13)/t6-,7+,9?/m0/s1. The Kier molecular flexibility index (Phi) is 5.88. The Morgan fingerprint density at radius 1 is 1.38 bits per heavy atom. The van der Waals surface area contributed by atoms with E-state index in [1.807, 2.05) is 0 Å². The fourth-order valence-corrected chi connectivity index (χ4v) is 1.07. The van der Waals surface area contributed by atoms with Gasteiger partial charge in [0.25, 0.3) is 0 Å². The Labute approximate surface area is 95.6 Å². The lowest BCUT2D eigenvalue weighted by molar-refractivity contribution is -0.193. The molecule has 0 bridgehead atoms. The molecule has 0 fully saturated rings. The summed E-state index contributed by atoms with van der Waals surface area (Å²) >= 11 is 0. The zero-order valence-electron chi connectivity index (χ0n) is 10.4. The van der Waals surface area contributed by atoms with Crippen LogP contribution in [0.3, 0.4) is 0 Å². The molecule has 6 nitrogen and oxygen atoms in total. The summed E-state index contributed by atoms with van der Waals surface area (Å²) < 4.78 is 10.0. The number of rotatable bonds is 6. The van der Waals surface area contributed by atoms with Gasteiger partial charge in [-0.2, -0.15) is 0 Å². The van der Waals surface area contributed by atoms with Crippen LogP contribution in [0, 0.1) is 0 Å². The number of carbonyl (C=O) groups is 1. The minimum atomic E-state index is -1.35. The Balaban J connectivity index is 4.35. The van der Waals surface area contributed by atoms with Crippen LogP contribution < -0.4 is 5.32 Å². The summed E-state index contributed by atoms with van der Waals surface area (Å²) in [6, 6.07) is -1.03. The van der Waals surface area contributed by atoms with Crippen LogP contribution in [0.25, 0.3) is 0 Å². The Morgan fingerprint density at radius 3 is 2.19 bits per heavy atom. The number of aliphatic carboxylic acids is 1. The van der Waals surface area contributed by atoms with E-state index in [1.54, 1.807) is 27.7 Å². The molecule has 0 saturated carbocycles. The first kappa shape index (κ1) is 15.3. The molecule has 0 heterocycles. The van der Waals surface area contributed by atoms with E-state index in [9.17, 15) is 9.90 Å². The molecule has 96 valence electrons. The number of methoxy groups -OCH3 is 1. The van der Waals surface area contributed by atoms with Crippen molar-refractivity contribution in [3.8, 4) is 0 Å². The smallest absolute Gasteiger partial charge is 0.323 e. The maximum Gasteiger partial charge on any atom is 0.323 e. The van der Waals surface area contributed by atoms with Crippen LogP contribution in [0.4, 0.5) is 0 Å². The molecule has 0 aliphatic rings. The average Bonchev–Trinajstić information content (AvgIpc) is 2.09. The molecule has 0 aliphatic carbocycles. The quantitative estimate of drug-likeness (QED) is 0.568. The van der Waals surface area contributed by atoms with Crippen molar-refractivity contribution >= 4 is 5.97 Å². The molecule has 3 atom stereocenters. The van der Waals surface area contributed by atoms with E-state index >= 15 is 0 Å². The van der Waals surface area contributed by atoms with Crippen LogP contribution in [-0.4, -0.2) is 47.5 Å². The summed E-state index contributed by atoms with van der Waals surface area (Å²) in [5.74, 6) is -1.11. The highest BCUT2D eigenvalue weighted by molar-refractivity contribution is 5.74. The van der Waals surface area contributed by atoms with E-state index in [4.69, 9.17) is 14.6 Å². The first-order valence-electron chi connectivity index (χ1n) is 5.05. The second-order valence-corrected chi connectivity index (χ2v) is 4.51. The number of hydrogen-bond acceptors (Lipinski definition) is 5. The van der Waals surface area contributed by atoms with Crippen molar-refractivity contribution < 1.29 is 24.5 Å². The Bertz CT molecular complexity index is 226. The number of nitrogens with one attached hydrogen (secondary N) is 1. The minimum Gasteiger partial charge on any atom is -0.480 e. The fraction of sp³-hybridized carbons (Fsp3) is 0.900. The van der Waals surface area contributed by atoms with E-state index < -0.39 is 30.1 Å². The summed E-state index contributed by atoms with van der Waals surface area (Å²) in [6.07, 6.45) is -1.92. The zero-order valence-corrected chi connectivity index (χ0v) is 10.4. The molecule has 0 radical (unpaired) electrons. The molecular weight excluding hydrogens is 214 g/mol. The van der Waals surface area contributed by atoms with Gasteiger partial charge in [0, 0.05) is 7.11 Å². The van der Waals surface area contributed by atoms with E-state index in [0.29, 0.717) is 0 Å². The van der Waals surface area contributed by atoms with Gasteiger partial charge in [-0.3, -0.25) is 10.1 Å². The second kappa shape index (κ2) is 6.15. The van der Waals surface area contributed by atoms with Gasteiger partial charge in [0.2, 0.25) is 6.41 Å². The molecule has 0 aromatic rings. The van der Waals surface area contributed by atoms with Crippen molar-refractivity contribution in [1.29, 1.82) is 0 Å². The number of carboxylic acid groups (broad SMARTS) is 1. The highest BCUT2D eigenvalue weighted by Gasteiger charge is 2.28. The van der Waals surface area contributed by atoms with Gasteiger partial charge in [-0.05, 0) is 27.7 Å². The maximum absolute atomic E-state index is 10.9. The zero-order chi connectivity index (χ0) is 12.9. The normalized spacial score (nSPS) is 17.9. The molecule has 0 spiro atoms. The van der Waals surface area contributed by atoms with Crippen molar-refractivity contribution in [1.82, 2.24) is 5.32 Å². The summed E-state index contributed by atoms with van der Waals surface area (Å²) in [7, 11) is 1.40. The van der Waals surface area contributed by atoms with Crippen molar-refractivity contribution in [3.05, 3.63) is 0 Å². The highest BCUT2D eigenvalue weighted by Crippen LogP contribution is 2.09. The first-order chi connectivity index (χ1) is 7.17. The predicted molar refractivity (Wildman–Crippen MR) is 57.9 cm³/mol. The van der Waals surface area contributed by atoms with Crippen LogP contribution in [0.5, 0.6) is 0 Å². The third kappa shape index (κ3) is 6.02. The van der Waals surface area contributed by atoms with E-state index in [2.05, 4.69) is 5.32 Å². The van der Waals surface area contributed by atoms with Gasteiger partial charge in [0.05, 0.1) is 11.7 Å². The van der Waals surface area contributed by atoms with Crippen molar-refractivity contribution in [2.75, 3.05) is 7.11 Å². The maximum atomic E-state index is 10.9. The topological polar surface area (TPSA) is 88.0 Å². The van der Waals surface area contributed by atoms with Gasteiger partial charge in [-0.15, -0.1) is 0 Å². The predicted octanol–water partition coefficient (Wildman–Crippen LogP) is 0.155. The molecule has 3 N–H and O–H groups in total. The number of aliphatic hydroxyl groups is 1. The van der Waals surface area contributed by atoms with Gasteiger partial charge in [0.15, 0.2) is 0 Å². The third-order valence-corrected chi connectivity index (χ3v) is 1.89. The Morgan fingerprint density at radius 2 is 1.88 bits per heavy atom. The van der Waals surface area contributed by atoms with Crippen molar-refractivity contribution in [2.45, 2.75) is 51.9 Å². The molecule has 0 aromatic heterocycles. The summed E-state index contributed by atoms with van der Waals surface area (Å²) in [6.45, 7) is 6.86. The van der Waals surface area contributed by atoms with Gasteiger partial charge >= 0.3 is 5.97 Å². The molecule has 0 saturated heterocycles. The molecule has 0 aliphatic heterocycles. The lowest BCUT2D eigenvalue weighted by atomic mass is 10.2. The van der Waals surface area contributed by atoms with Crippen LogP contribution in [0.15, 0.2) is 0 Å². The minimum absolute atomic E-state index is 0.564. The molecule has 6 heteroatoms. The lowest BCUT2D eigenvalue weighted by Crippen LogP contribution is -2.52. The van der Waals surface area contributed by atoms with Gasteiger partial charge in [-0.25, -0.2) is 0 Å². The average molecular weight is 235 g/mol. The summed E-state index contributed by atoms with van der Waals surface area (Å²) in [5.41, 5.74) is -0.564. The molecule has 0 aromatic carbocycles. The summed E-state index contributed by atoms with van der Waals surface area (Å²) in [5, 5.41) is 20.8. The van der Waals surface area contributed by atoms with Crippen molar-refractivity contribution in [3.63, 3.8) is 0 Å². The first-order valence-corrected chi connectivity index (χ1v) is 5.05. The highest BCUT2D eigenvalue weighted by atomic mass is 16.6. The van der Waals surface area contributed by atoms with Gasteiger partial charge < -0.3 is 19.7 Å². The largest absolute Gasteiger partial charge is 0.480 e. The Hall–Kier alpha value is -0.690. The summed E-state index contributed by atoms with van der Waals surface area (Å²) in [4.78, 5) is 10.9.